The average Bonchev–Trinajstić information content (AvgIpc) is 2.87. The van der Waals surface area contributed by atoms with Crippen LogP contribution in [0.4, 0.5) is 0 Å². The van der Waals surface area contributed by atoms with Crippen LogP contribution < -0.4 is 0 Å². The topological polar surface area (TPSA) is 57.0 Å². The zero-order valence-corrected chi connectivity index (χ0v) is 11.7. The first-order valence-electron chi connectivity index (χ1n) is 6.07. The molecule has 0 aliphatic rings. The molecule has 0 aliphatic carbocycles. The summed E-state index contributed by atoms with van der Waals surface area (Å²) in [7, 11) is 0. The Kier molecular flexibility index (Phi) is 4.53. The van der Waals surface area contributed by atoms with E-state index in [1.165, 1.54) is 0 Å². The van der Waals surface area contributed by atoms with Crippen molar-refractivity contribution in [1.82, 2.24) is 14.8 Å². The third-order valence-corrected chi connectivity index (χ3v) is 2.78. The molecule has 2 rings (SSSR count). The molecule has 2 aromatic rings. The molecular formula is C14H14ClN3O2. The van der Waals surface area contributed by atoms with Gasteiger partial charge >= 0.3 is 5.97 Å². The fourth-order valence-corrected chi connectivity index (χ4v) is 1.88. The lowest BCUT2D eigenvalue weighted by molar-refractivity contribution is -0.142. The Bertz CT molecular complexity index is 624. The highest BCUT2D eigenvalue weighted by molar-refractivity contribution is 6.30. The van der Waals surface area contributed by atoms with Gasteiger partial charge < -0.3 is 4.74 Å². The number of halogens is 1. The number of nitrogens with zero attached hydrogens (tertiary/aromatic N) is 3. The van der Waals surface area contributed by atoms with E-state index in [0.29, 0.717) is 17.4 Å². The summed E-state index contributed by atoms with van der Waals surface area (Å²) in [5.41, 5.74) is 0.840. The first-order chi connectivity index (χ1) is 9.58. The molecule has 0 spiro atoms. The fraction of sp³-hybridized carbons (Fsp3) is 0.214. The smallest absolute Gasteiger partial charge is 0.330 e. The number of carbonyl (C=O) groups excluding carboxylic acids is 1. The van der Waals surface area contributed by atoms with Gasteiger partial charge in [-0.15, -0.1) is 0 Å². The summed E-state index contributed by atoms with van der Waals surface area (Å²) in [4.78, 5) is 15.3. The molecule has 1 unspecified atom stereocenters. The second-order valence-corrected chi connectivity index (χ2v) is 4.69. The molecule has 5 nitrogen and oxygen atoms in total. The van der Waals surface area contributed by atoms with E-state index >= 15 is 0 Å². The van der Waals surface area contributed by atoms with E-state index in [-0.39, 0.29) is 6.10 Å². The molecule has 1 atom stereocenters. The van der Waals surface area contributed by atoms with E-state index in [1.807, 2.05) is 12.1 Å². The number of ether oxygens (including phenoxy) is 1. The Hall–Kier alpha value is -2.14. The lowest BCUT2D eigenvalue weighted by atomic mass is 10.2. The second-order valence-electron chi connectivity index (χ2n) is 4.25. The van der Waals surface area contributed by atoms with Gasteiger partial charge in [0.25, 0.3) is 0 Å². The van der Waals surface area contributed by atoms with Crippen molar-refractivity contribution in [3.05, 3.63) is 48.3 Å². The number of hydrogen-bond acceptors (Lipinski definition) is 4. The Morgan fingerprint density at radius 1 is 1.60 bits per heavy atom. The van der Waals surface area contributed by atoms with Crippen molar-refractivity contribution in [2.75, 3.05) is 0 Å². The molecular weight excluding hydrogens is 278 g/mol. The summed E-state index contributed by atoms with van der Waals surface area (Å²) in [5.74, 6) is 0.127. The Morgan fingerprint density at radius 2 is 2.40 bits per heavy atom. The minimum Gasteiger partial charge on any atom is -0.458 e. The third kappa shape index (κ3) is 3.68. The van der Waals surface area contributed by atoms with Crippen LogP contribution in [0.2, 0.25) is 5.02 Å². The maximum Gasteiger partial charge on any atom is 0.330 e. The quantitative estimate of drug-likeness (QED) is 0.628. The van der Waals surface area contributed by atoms with E-state index in [9.17, 15) is 4.79 Å². The molecule has 6 heteroatoms. The number of benzene rings is 1. The lowest BCUT2D eigenvalue weighted by Crippen LogP contribution is -2.19. The van der Waals surface area contributed by atoms with Gasteiger partial charge in [0, 0.05) is 16.7 Å². The number of hydrogen-bond donors (Lipinski definition) is 0. The number of rotatable bonds is 5. The summed E-state index contributed by atoms with van der Waals surface area (Å²) >= 11 is 5.93. The SMILES string of the molecule is C=CC(=O)OC(C)Cn1cnc(-c2cccc(Cl)c2)n1. The maximum absolute atomic E-state index is 11.1. The summed E-state index contributed by atoms with van der Waals surface area (Å²) in [6.45, 7) is 5.55. The van der Waals surface area contributed by atoms with Crippen LogP contribution in [0, 0.1) is 0 Å². The molecule has 0 N–H and O–H groups in total. The zero-order valence-electron chi connectivity index (χ0n) is 11.0. The van der Waals surface area contributed by atoms with Gasteiger partial charge in [-0.2, -0.15) is 5.10 Å². The molecule has 1 aromatic heterocycles. The van der Waals surface area contributed by atoms with Crippen molar-refractivity contribution < 1.29 is 9.53 Å². The first kappa shape index (κ1) is 14.3. The molecule has 1 heterocycles. The van der Waals surface area contributed by atoms with Crippen LogP contribution in [-0.4, -0.2) is 26.8 Å². The van der Waals surface area contributed by atoms with Crippen molar-refractivity contribution >= 4 is 17.6 Å². The molecule has 0 saturated heterocycles. The molecule has 0 radical (unpaired) electrons. The van der Waals surface area contributed by atoms with Crippen LogP contribution in [0.3, 0.4) is 0 Å². The minimum atomic E-state index is -0.451. The monoisotopic (exact) mass is 291 g/mol. The van der Waals surface area contributed by atoms with Crippen molar-refractivity contribution in [3.8, 4) is 11.4 Å². The lowest BCUT2D eigenvalue weighted by Gasteiger charge is -2.10. The summed E-state index contributed by atoms with van der Waals surface area (Å²) < 4.78 is 6.69. The van der Waals surface area contributed by atoms with Gasteiger partial charge in [-0.3, -0.25) is 0 Å². The van der Waals surface area contributed by atoms with Crippen LogP contribution in [-0.2, 0) is 16.1 Å². The maximum atomic E-state index is 11.1. The van der Waals surface area contributed by atoms with Gasteiger partial charge in [0.05, 0.1) is 6.54 Å². The Labute approximate surface area is 121 Å². The van der Waals surface area contributed by atoms with Crippen molar-refractivity contribution in [1.29, 1.82) is 0 Å². The predicted molar refractivity (Wildman–Crippen MR) is 76.2 cm³/mol. The van der Waals surface area contributed by atoms with Crippen LogP contribution in [0.5, 0.6) is 0 Å². The Morgan fingerprint density at radius 3 is 3.10 bits per heavy atom. The highest BCUT2D eigenvalue weighted by Gasteiger charge is 2.10. The van der Waals surface area contributed by atoms with Gasteiger partial charge in [-0.1, -0.05) is 30.3 Å². The predicted octanol–water partition coefficient (Wildman–Crippen LogP) is 2.72. The molecule has 20 heavy (non-hydrogen) atoms. The van der Waals surface area contributed by atoms with E-state index in [0.717, 1.165) is 11.6 Å². The highest BCUT2D eigenvalue weighted by Crippen LogP contribution is 2.18. The summed E-state index contributed by atoms with van der Waals surface area (Å²) in [6.07, 6.45) is 2.42. The van der Waals surface area contributed by atoms with E-state index < -0.39 is 5.97 Å². The van der Waals surface area contributed by atoms with Crippen LogP contribution in [0.25, 0.3) is 11.4 Å². The zero-order chi connectivity index (χ0) is 14.5. The normalized spacial score (nSPS) is 11.9. The summed E-state index contributed by atoms with van der Waals surface area (Å²) in [5, 5.41) is 4.96. The van der Waals surface area contributed by atoms with Gasteiger partial charge in [0.1, 0.15) is 12.4 Å². The first-order valence-corrected chi connectivity index (χ1v) is 6.44. The minimum absolute atomic E-state index is 0.311. The van der Waals surface area contributed by atoms with E-state index in [2.05, 4.69) is 16.7 Å². The molecule has 104 valence electrons. The second kappa shape index (κ2) is 6.34. The highest BCUT2D eigenvalue weighted by atomic mass is 35.5. The molecule has 0 aliphatic heterocycles. The molecule has 1 aromatic carbocycles. The van der Waals surface area contributed by atoms with Gasteiger partial charge in [-0.25, -0.2) is 14.5 Å². The van der Waals surface area contributed by atoms with E-state index in [1.54, 1.807) is 30.1 Å². The third-order valence-electron chi connectivity index (χ3n) is 2.55. The molecule has 0 amide bonds. The van der Waals surface area contributed by atoms with Crippen LogP contribution >= 0.6 is 11.6 Å². The average molecular weight is 292 g/mol. The largest absolute Gasteiger partial charge is 0.458 e. The van der Waals surface area contributed by atoms with Gasteiger partial charge in [0.15, 0.2) is 5.82 Å². The van der Waals surface area contributed by atoms with Gasteiger partial charge in [-0.05, 0) is 19.1 Å². The number of carbonyl (C=O) groups is 1. The fourth-order valence-electron chi connectivity index (χ4n) is 1.69. The standard InChI is InChI=1S/C14H14ClN3O2/c1-3-13(19)20-10(2)8-18-9-16-14(17-18)11-5-4-6-12(15)7-11/h3-7,9-10H,1,8H2,2H3. The Balaban J connectivity index is 2.06. The molecule has 0 saturated carbocycles. The molecule has 0 bridgehead atoms. The van der Waals surface area contributed by atoms with Gasteiger partial charge in [0.2, 0.25) is 0 Å². The molecule has 0 fully saturated rings. The van der Waals surface area contributed by atoms with Crippen molar-refractivity contribution in [2.24, 2.45) is 0 Å². The number of esters is 1. The summed E-state index contributed by atoms with van der Waals surface area (Å²) in [6, 6.07) is 7.31. The van der Waals surface area contributed by atoms with Crippen LogP contribution in [0.15, 0.2) is 43.2 Å². The van der Waals surface area contributed by atoms with E-state index in [4.69, 9.17) is 16.3 Å². The number of aromatic nitrogens is 3. The van der Waals surface area contributed by atoms with Crippen molar-refractivity contribution in [3.63, 3.8) is 0 Å². The van der Waals surface area contributed by atoms with Crippen LogP contribution in [0.1, 0.15) is 6.92 Å². The van der Waals surface area contributed by atoms with Crippen molar-refractivity contribution in [2.45, 2.75) is 19.6 Å².